The number of amides is 3. The predicted octanol–water partition coefficient (Wildman–Crippen LogP) is 1.95. The number of rotatable bonds is 6. The summed E-state index contributed by atoms with van der Waals surface area (Å²) in [5, 5.41) is 5.29. The average Bonchev–Trinajstić information content (AvgIpc) is 2.99. The quantitative estimate of drug-likeness (QED) is 0.735. The van der Waals surface area contributed by atoms with Gasteiger partial charge in [-0.25, -0.2) is 0 Å². The smallest absolute Gasteiger partial charge is 0.354 e. The van der Waals surface area contributed by atoms with Crippen molar-refractivity contribution in [3.05, 3.63) is 29.8 Å². The highest BCUT2D eigenvalue weighted by Crippen LogP contribution is 2.33. The van der Waals surface area contributed by atoms with Crippen molar-refractivity contribution in [2.75, 3.05) is 24.5 Å². The van der Waals surface area contributed by atoms with E-state index >= 15 is 0 Å². The van der Waals surface area contributed by atoms with Gasteiger partial charge in [-0.1, -0.05) is 19.9 Å². The molecule has 1 aromatic rings. The number of alkyl halides is 3. The third kappa shape index (κ3) is 5.45. The summed E-state index contributed by atoms with van der Waals surface area (Å²) in [5.74, 6) is -1.70. The lowest BCUT2D eigenvalue weighted by molar-refractivity contribution is -0.137. The molecule has 1 aliphatic rings. The Balaban J connectivity index is 1.91. The minimum atomic E-state index is -4.50. The second-order valence-corrected chi connectivity index (χ2v) is 6.69. The standard InChI is InChI=1S/C18H22F3N3O3/c1-11(2)16(26)22-6-7-23-17(27)12-8-15(25)24(10-12)14-5-3-4-13(9-14)18(19,20)21/h3-5,9,11-12H,6-8,10H2,1-2H3,(H,22,26)(H,23,27). The monoisotopic (exact) mass is 385 g/mol. The maximum atomic E-state index is 12.8. The van der Waals surface area contributed by atoms with E-state index in [0.717, 1.165) is 12.1 Å². The lowest BCUT2D eigenvalue weighted by Gasteiger charge is -2.18. The zero-order chi connectivity index (χ0) is 20.2. The number of carbonyl (C=O) groups excluding carboxylic acids is 3. The summed E-state index contributed by atoms with van der Waals surface area (Å²) < 4.78 is 38.5. The van der Waals surface area contributed by atoms with E-state index in [2.05, 4.69) is 10.6 Å². The van der Waals surface area contributed by atoms with Crippen LogP contribution in [0.15, 0.2) is 24.3 Å². The number of nitrogens with one attached hydrogen (secondary N) is 2. The van der Waals surface area contributed by atoms with E-state index in [-0.39, 0.29) is 49.5 Å². The maximum Gasteiger partial charge on any atom is 0.416 e. The molecule has 0 saturated carbocycles. The fourth-order valence-corrected chi connectivity index (χ4v) is 2.70. The molecule has 1 saturated heterocycles. The van der Waals surface area contributed by atoms with Gasteiger partial charge in [0.1, 0.15) is 0 Å². The molecule has 6 nitrogen and oxygen atoms in total. The first kappa shape index (κ1) is 20.7. The Morgan fingerprint density at radius 1 is 1.22 bits per heavy atom. The first-order chi connectivity index (χ1) is 12.6. The van der Waals surface area contributed by atoms with Gasteiger partial charge in [-0.05, 0) is 18.2 Å². The summed E-state index contributed by atoms with van der Waals surface area (Å²) in [5.41, 5.74) is -0.726. The summed E-state index contributed by atoms with van der Waals surface area (Å²) in [4.78, 5) is 37.0. The Morgan fingerprint density at radius 3 is 2.52 bits per heavy atom. The van der Waals surface area contributed by atoms with Gasteiger partial charge < -0.3 is 15.5 Å². The molecule has 3 amide bonds. The predicted molar refractivity (Wildman–Crippen MR) is 92.8 cm³/mol. The molecule has 0 spiro atoms. The highest BCUT2D eigenvalue weighted by atomic mass is 19.4. The molecule has 1 heterocycles. The second kappa shape index (κ2) is 8.41. The van der Waals surface area contributed by atoms with Crippen LogP contribution in [0, 0.1) is 11.8 Å². The lowest BCUT2D eigenvalue weighted by Crippen LogP contribution is -2.39. The van der Waals surface area contributed by atoms with E-state index in [4.69, 9.17) is 0 Å². The van der Waals surface area contributed by atoms with E-state index < -0.39 is 23.6 Å². The molecular formula is C18H22F3N3O3. The van der Waals surface area contributed by atoms with Crippen molar-refractivity contribution in [2.45, 2.75) is 26.4 Å². The van der Waals surface area contributed by atoms with Crippen LogP contribution in [0.1, 0.15) is 25.8 Å². The van der Waals surface area contributed by atoms with Gasteiger partial charge in [-0.15, -0.1) is 0 Å². The molecule has 148 valence electrons. The summed E-state index contributed by atoms with van der Waals surface area (Å²) in [6.07, 6.45) is -4.57. The molecule has 1 aromatic carbocycles. The molecule has 9 heteroatoms. The number of hydrogen-bond donors (Lipinski definition) is 2. The highest BCUT2D eigenvalue weighted by molar-refractivity contribution is 6.00. The third-order valence-corrected chi connectivity index (χ3v) is 4.23. The van der Waals surface area contributed by atoms with Crippen LogP contribution in [0.25, 0.3) is 0 Å². The second-order valence-electron chi connectivity index (χ2n) is 6.69. The molecule has 2 N–H and O–H groups in total. The van der Waals surface area contributed by atoms with Crippen molar-refractivity contribution < 1.29 is 27.6 Å². The van der Waals surface area contributed by atoms with Crippen LogP contribution in [0.5, 0.6) is 0 Å². The summed E-state index contributed by atoms with van der Waals surface area (Å²) in [6, 6.07) is 4.48. The van der Waals surface area contributed by atoms with E-state index in [1.807, 2.05) is 0 Å². The average molecular weight is 385 g/mol. The van der Waals surface area contributed by atoms with Crippen LogP contribution in [-0.2, 0) is 20.6 Å². The van der Waals surface area contributed by atoms with Crippen molar-refractivity contribution in [1.29, 1.82) is 0 Å². The largest absolute Gasteiger partial charge is 0.416 e. The van der Waals surface area contributed by atoms with Crippen molar-refractivity contribution in [3.63, 3.8) is 0 Å². The fraction of sp³-hybridized carbons (Fsp3) is 0.500. The summed E-state index contributed by atoms with van der Waals surface area (Å²) in [6.45, 7) is 4.00. The topological polar surface area (TPSA) is 78.5 Å². The van der Waals surface area contributed by atoms with Gasteiger partial charge in [-0.2, -0.15) is 13.2 Å². The highest BCUT2D eigenvalue weighted by Gasteiger charge is 2.36. The number of hydrogen-bond acceptors (Lipinski definition) is 3. The lowest BCUT2D eigenvalue weighted by atomic mass is 10.1. The molecule has 27 heavy (non-hydrogen) atoms. The number of halogens is 3. The van der Waals surface area contributed by atoms with Gasteiger partial charge in [0, 0.05) is 37.7 Å². The maximum absolute atomic E-state index is 12.8. The van der Waals surface area contributed by atoms with Crippen LogP contribution < -0.4 is 15.5 Å². The Hall–Kier alpha value is -2.58. The first-order valence-electron chi connectivity index (χ1n) is 8.62. The Labute approximate surface area is 155 Å². The number of benzene rings is 1. The normalized spacial score (nSPS) is 17.3. The van der Waals surface area contributed by atoms with Crippen LogP contribution in [0.3, 0.4) is 0 Å². The molecule has 2 rings (SSSR count). The van der Waals surface area contributed by atoms with E-state index in [9.17, 15) is 27.6 Å². The molecule has 0 bridgehead atoms. The first-order valence-corrected chi connectivity index (χ1v) is 8.62. The van der Waals surface area contributed by atoms with Gasteiger partial charge in [0.15, 0.2) is 0 Å². The van der Waals surface area contributed by atoms with E-state index in [1.165, 1.54) is 17.0 Å². The molecule has 1 aliphatic heterocycles. The Kier molecular flexibility index (Phi) is 6.45. The van der Waals surface area contributed by atoms with E-state index in [1.54, 1.807) is 13.8 Å². The number of carbonyl (C=O) groups is 3. The van der Waals surface area contributed by atoms with Gasteiger partial charge in [0.2, 0.25) is 17.7 Å². The van der Waals surface area contributed by atoms with Crippen LogP contribution in [-0.4, -0.2) is 37.4 Å². The van der Waals surface area contributed by atoms with Crippen molar-refractivity contribution >= 4 is 23.4 Å². The minimum Gasteiger partial charge on any atom is -0.354 e. The van der Waals surface area contributed by atoms with Gasteiger partial charge in [0.25, 0.3) is 0 Å². The molecule has 0 aromatic heterocycles. The fourth-order valence-electron chi connectivity index (χ4n) is 2.70. The summed E-state index contributed by atoms with van der Waals surface area (Å²) in [7, 11) is 0. The molecule has 1 unspecified atom stereocenters. The molecule has 1 fully saturated rings. The Morgan fingerprint density at radius 2 is 1.89 bits per heavy atom. The summed E-state index contributed by atoms with van der Waals surface area (Å²) >= 11 is 0. The van der Waals surface area contributed by atoms with Gasteiger partial charge in [0.05, 0.1) is 11.5 Å². The number of nitrogens with zero attached hydrogens (tertiary/aromatic N) is 1. The molecule has 0 radical (unpaired) electrons. The van der Waals surface area contributed by atoms with Gasteiger partial charge in [-0.3, -0.25) is 14.4 Å². The SMILES string of the molecule is CC(C)C(=O)NCCNC(=O)C1CC(=O)N(c2cccc(C(F)(F)F)c2)C1. The van der Waals surface area contributed by atoms with Crippen LogP contribution in [0.2, 0.25) is 0 Å². The number of anilines is 1. The Bertz CT molecular complexity index is 719. The van der Waals surface area contributed by atoms with Crippen molar-refractivity contribution in [1.82, 2.24) is 10.6 Å². The van der Waals surface area contributed by atoms with Crippen molar-refractivity contribution in [2.24, 2.45) is 11.8 Å². The third-order valence-electron chi connectivity index (χ3n) is 4.23. The van der Waals surface area contributed by atoms with Crippen molar-refractivity contribution in [3.8, 4) is 0 Å². The zero-order valence-electron chi connectivity index (χ0n) is 15.1. The molecule has 1 atom stereocenters. The molecule has 0 aliphatic carbocycles. The van der Waals surface area contributed by atoms with Crippen LogP contribution >= 0.6 is 0 Å². The van der Waals surface area contributed by atoms with Crippen LogP contribution in [0.4, 0.5) is 18.9 Å². The van der Waals surface area contributed by atoms with E-state index in [0.29, 0.717) is 0 Å². The minimum absolute atomic E-state index is 0.0182. The molecular weight excluding hydrogens is 363 g/mol. The zero-order valence-corrected chi connectivity index (χ0v) is 15.1. The van der Waals surface area contributed by atoms with Gasteiger partial charge >= 0.3 is 6.18 Å².